The molecule has 0 saturated carbocycles. The topological polar surface area (TPSA) is 72.6 Å². The summed E-state index contributed by atoms with van der Waals surface area (Å²) in [5.74, 6) is -0.282. The third-order valence-electron chi connectivity index (χ3n) is 3.59. The lowest BCUT2D eigenvalue weighted by atomic mass is 10.00. The Morgan fingerprint density at radius 1 is 1.53 bits per heavy atom. The molecule has 0 radical (unpaired) electrons. The SMILES string of the molecule is CCC1OCCC1c1nc2cccc(C(=O)O)c2o1. The molecule has 3 rings (SSSR count). The van der Waals surface area contributed by atoms with E-state index >= 15 is 0 Å². The van der Waals surface area contributed by atoms with Crippen LogP contribution in [0.1, 0.15) is 41.9 Å². The zero-order valence-corrected chi connectivity index (χ0v) is 10.6. The summed E-state index contributed by atoms with van der Waals surface area (Å²) in [4.78, 5) is 15.6. The van der Waals surface area contributed by atoms with E-state index in [1.165, 1.54) is 6.07 Å². The van der Waals surface area contributed by atoms with E-state index in [1.807, 2.05) is 0 Å². The van der Waals surface area contributed by atoms with Crippen molar-refractivity contribution in [1.29, 1.82) is 0 Å². The molecule has 2 unspecified atom stereocenters. The maximum atomic E-state index is 11.2. The van der Waals surface area contributed by atoms with Gasteiger partial charge in [-0.3, -0.25) is 0 Å². The van der Waals surface area contributed by atoms with Gasteiger partial charge in [0, 0.05) is 6.61 Å². The number of carboxylic acid groups (broad SMARTS) is 1. The third kappa shape index (κ3) is 2.00. The van der Waals surface area contributed by atoms with Crippen LogP contribution in [0.15, 0.2) is 22.6 Å². The van der Waals surface area contributed by atoms with E-state index in [9.17, 15) is 4.79 Å². The summed E-state index contributed by atoms with van der Waals surface area (Å²) in [6, 6.07) is 4.98. The highest BCUT2D eigenvalue weighted by molar-refractivity contribution is 5.99. The monoisotopic (exact) mass is 261 g/mol. The van der Waals surface area contributed by atoms with Crippen LogP contribution in [0.25, 0.3) is 11.1 Å². The van der Waals surface area contributed by atoms with Crippen LogP contribution in [0.5, 0.6) is 0 Å². The number of carboxylic acids is 1. The van der Waals surface area contributed by atoms with Gasteiger partial charge in [0.05, 0.1) is 12.0 Å². The van der Waals surface area contributed by atoms with Gasteiger partial charge in [-0.05, 0) is 25.0 Å². The molecule has 0 bridgehead atoms. The maximum Gasteiger partial charge on any atom is 0.339 e. The minimum Gasteiger partial charge on any atom is -0.478 e. The second-order valence-electron chi connectivity index (χ2n) is 4.72. The van der Waals surface area contributed by atoms with Gasteiger partial charge in [0.15, 0.2) is 5.58 Å². The van der Waals surface area contributed by atoms with Gasteiger partial charge >= 0.3 is 5.97 Å². The molecule has 1 fully saturated rings. The van der Waals surface area contributed by atoms with Gasteiger partial charge in [-0.25, -0.2) is 9.78 Å². The van der Waals surface area contributed by atoms with Crippen LogP contribution in [-0.2, 0) is 4.74 Å². The van der Waals surface area contributed by atoms with E-state index in [-0.39, 0.29) is 17.6 Å². The zero-order valence-electron chi connectivity index (χ0n) is 10.6. The number of hydrogen-bond acceptors (Lipinski definition) is 4. The molecule has 19 heavy (non-hydrogen) atoms. The minimum atomic E-state index is -0.997. The van der Waals surface area contributed by atoms with E-state index < -0.39 is 5.97 Å². The number of benzene rings is 1. The number of aromatic carboxylic acids is 1. The average molecular weight is 261 g/mol. The molecular formula is C14H15NO4. The predicted octanol–water partition coefficient (Wildman–Crippen LogP) is 2.81. The van der Waals surface area contributed by atoms with Gasteiger partial charge in [0.2, 0.25) is 5.89 Å². The smallest absolute Gasteiger partial charge is 0.339 e. The molecule has 2 aromatic rings. The van der Waals surface area contributed by atoms with Crippen molar-refractivity contribution in [3.05, 3.63) is 29.7 Å². The summed E-state index contributed by atoms with van der Waals surface area (Å²) < 4.78 is 11.3. The van der Waals surface area contributed by atoms with Crippen LogP contribution in [0.3, 0.4) is 0 Å². The molecule has 1 aromatic carbocycles. The van der Waals surface area contributed by atoms with Gasteiger partial charge in [-0.1, -0.05) is 13.0 Å². The Morgan fingerprint density at radius 2 is 2.37 bits per heavy atom. The minimum absolute atomic E-state index is 0.112. The summed E-state index contributed by atoms with van der Waals surface area (Å²) in [7, 11) is 0. The largest absolute Gasteiger partial charge is 0.478 e. The molecule has 1 aliphatic rings. The Balaban J connectivity index is 2.06. The van der Waals surface area contributed by atoms with Crippen molar-refractivity contribution in [2.45, 2.75) is 31.8 Å². The first-order chi connectivity index (χ1) is 9.20. The Labute approximate surface area is 110 Å². The lowest BCUT2D eigenvalue weighted by Crippen LogP contribution is -2.12. The molecule has 5 nitrogen and oxygen atoms in total. The summed E-state index contributed by atoms with van der Waals surface area (Å²) in [5.41, 5.74) is 1.10. The van der Waals surface area contributed by atoms with Crippen molar-refractivity contribution < 1.29 is 19.1 Å². The second kappa shape index (κ2) is 4.66. The van der Waals surface area contributed by atoms with Gasteiger partial charge in [0.25, 0.3) is 0 Å². The van der Waals surface area contributed by atoms with Crippen molar-refractivity contribution in [2.75, 3.05) is 6.61 Å². The number of fused-ring (bicyclic) bond motifs is 1. The summed E-state index contributed by atoms with van der Waals surface area (Å²) in [6.45, 7) is 2.77. The Morgan fingerprint density at radius 3 is 3.11 bits per heavy atom. The first-order valence-electron chi connectivity index (χ1n) is 6.45. The Kier molecular flexibility index (Phi) is 2.98. The van der Waals surface area contributed by atoms with Gasteiger partial charge in [-0.15, -0.1) is 0 Å². The third-order valence-corrected chi connectivity index (χ3v) is 3.59. The molecule has 2 atom stereocenters. The van der Waals surface area contributed by atoms with Crippen LogP contribution in [0.2, 0.25) is 0 Å². The Hall–Kier alpha value is -1.88. The van der Waals surface area contributed by atoms with Crippen molar-refractivity contribution in [3.63, 3.8) is 0 Å². The lowest BCUT2D eigenvalue weighted by Gasteiger charge is -2.12. The van der Waals surface area contributed by atoms with Crippen molar-refractivity contribution in [2.24, 2.45) is 0 Å². The molecule has 100 valence electrons. The zero-order chi connectivity index (χ0) is 13.4. The van der Waals surface area contributed by atoms with Gasteiger partial charge < -0.3 is 14.3 Å². The first kappa shape index (κ1) is 12.2. The number of para-hydroxylation sites is 1. The molecule has 2 heterocycles. The molecule has 1 aliphatic heterocycles. The summed E-state index contributed by atoms with van der Waals surface area (Å²) in [6.07, 6.45) is 1.88. The number of oxazole rings is 1. The second-order valence-corrected chi connectivity index (χ2v) is 4.72. The predicted molar refractivity (Wildman–Crippen MR) is 68.4 cm³/mol. The van der Waals surface area contributed by atoms with Crippen LogP contribution in [-0.4, -0.2) is 28.8 Å². The average Bonchev–Trinajstić information content (AvgIpc) is 3.03. The maximum absolute atomic E-state index is 11.2. The fourth-order valence-electron chi connectivity index (χ4n) is 2.63. The lowest BCUT2D eigenvalue weighted by molar-refractivity contribution is 0.0697. The fraction of sp³-hybridized carbons (Fsp3) is 0.429. The normalized spacial score (nSPS) is 23.0. The number of nitrogens with zero attached hydrogens (tertiary/aromatic N) is 1. The molecule has 1 aromatic heterocycles. The summed E-state index contributed by atoms with van der Waals surface area (Å²) >= 11 is 0. The van der Waals surface area contributed by atoms with E-state index in [0.717, 1.165) is 12.8 Å². The van der Waals surface area contributed by atoms with E-state index in [2.05, 4.69) is 11.9 Å². The number of aromatic nitrogens is 1. The molecule has 0 amide bonds. The molecule has 5 heteroatoms. The number of hydrogen-bond donors (Lipinski definition) is 1. The molecule has 0 aliphatic carbocycles. The van der Waals surface area contributed by atoms with Crippen LogP contribution < -0.4 is 0 Å². The number of ether oxygens (including phenoxy) is 1. The van der Waals surface area contributed by atoms with E-state index in [1.54, 1.807) is 12.1 Å². The highest BCUT2D eigenvalue weighted by atomic mass is 16.5. The van der Waals surface area contributed by atoms with E-state index in [0.29, 0.717) is 23.6 Å². The highest BCUT2D eigenvalue weighted by Crippen LogP contribution is 2.34. The van der Waals surface area contributed by atoms with Crippen molar-refractivity contribution in [1.82, 2.24) is 4.98 Å². The fourth-order valence-corrected chi connectivity index (χ4v) is 2.63. The first-order valence-corrected chi connectivity index (χ1v) is 6.45. The molecular weight excluding hydrogens is 246 g/mol. The number of carbonyl (C=O) groups is 1. The van der Waals surface area contributed by atoms with Crippen molar-refractivity contribution in [3.8, 4) is 0 Å². The van der Waals surface area contributed by atoms with Crippen molar-refractivity contribution >= 4 is 17.1 Å². The standard InChI is InChI=1S/C14H15NO4/c1-2-11-8(6-7-18-11)13-15-10-5-3-4-9(14(16)17)12(10)19-13/h3-5,8,11H,2,6-7H2,1H3,(H,16,17). The quantitative estimate of drug-likeness (QED) is 0.919. The van der Waals surface area contributed by atoms with Crippen LogP contribution in [0, 0.1) is 0 Å². The van der Waals surface area contributed by atoms with Crippen LogP contribution >= 0.6 is 0 Å². The molecule has 1 N–H and O–H groups in total. The van der Waals surface area contributed by atoms with Gasteiger partial charge in [0.1, 0.15) is 11.1 Å². The number of rotatable bonds is 3. The Bertz CT molecular complexity index is 619. The summed E-state index contributed by atoms with van der Waals surface area (Å²) in [5, 5.41) is 9.14. The highest BCUT2D eigenvalue weighted by Gasteiger charge is 2.32. The van der Waals surface area contributed by atoms with Crippen LogP contribution in [0.4, 0.5) is 0 Å². The molecule has 1 saturated heterocycles. The van der Waals surface area contributed by atoms with E-state index in [4.69, 9.17) is 14.3 Å². The van der Waals surface area contributed by atoms with Gasteiger partial charge in [-0.2, -0.15) is 0 Å². The molecule has 0 spiro atoms.